The highest BCUT2D eigenvalue weighted by atomic mass is 79.9. The highest BCUT2D eigenvalue weighted by molar-refractivity contribution is 9.09. The van der Waals surface area contributed by atoms with E-state index in [1.807, 2.05) is 18.2 Å². The maximum Gasteiger partial charge on any atom is 0.338 e. The minimum atomic E-state index is -0.378. The van der Waals surface area contributed by atoms with Crippen LogP contribution in [0.5, 0.6) is 5.75 Å². The largest absolute Gasteiger partial charge is 0.493 e. The van der Waals surface area contributed by atoms with Crippen molar-refractivity contribution in [2.75, 3.05) is 19.0 Å². The quantitative estimate of drug-likeness (QED) is 0.200. The Hall–Kier alpha value is -2.76. The summed E-state index contributed by atoms with van der Waals surface area (Å²) in [5.74, 6) is 0.502. The predicted molar refractivity (Wildman–Crippen MR) is 132 cm³/mol. The predicted octanol–water partition coefficient (Wildman–Crippen LogP) is 6.49. The lowest BCUT2D eigenvalue weighted by Crippen LogP contribution is -2.06. The zero-order chi connectivity index (χ0) is 22.5. The number of methoxy groups -OCH3 is 1. The zero-order valence-electron chi connectivity index (χ0n) is 17.7. The highest BCUT2D eigenvalue weighted by Crippen LogP contribution is 2.24. The lowest BCUT2D eigenvalue weighted by Gasteiger charge is -2.10. The average molecular weight is 513 g/mol. The number of esters is 1. The number of rotatable bonds is 8. The number of fused-ring (bicyclic) bond motifs is 1. The molecular formula is C26H23BrClNO3. The fourth-order valence-electron chi connectivity index (χ4n) is 3.81. The van der Waals surface area contributed by atoms with Gasteiger partial charge in [0.25, 0.3) is 0 Å². The molecule has 0 saturated heterocycles. The molecule has 4 aromatic rings. The third kappa shape index (κ3) is 5.17. The Morgan fingerprint density at radius 3 is 2.72 bits per heavy atom. The summed E-state index contributed by atoms with van der Waals surface area (Å²) in [5.41, 5.74) is 4.85. The number of carbonyl (C=O) groups excluding carboxylic acids is 1. The number of ether oxygens (including phenoxy) is 2. The van der Waals surface area contributed by atoms with Gasteiger partial charge < -0.3 is 14.0 Å². The van der Waals surface area contributed by atoms with Crippen molar-refractivity contribution < 1.29 is 14.3 Å². The molecule has 32 heavy (non-hydrogen) atoms. The molecule has 0 radical (unpaired) electrons. The Kier molecular flexibility index (Phi) is 7.18. The van der Waals surface area contributed by atoms with Crippen LogP contribution in [-0.2, 0) is 17.7 Å². The van der Waals surface area contributed by atoms with Gasteiger partial charge in [-0.2, -0.15) is 0 Å². The van der Waals surface area contributed by atoms with E-state index in [1.54, 1.807) is 12.1 Å². The molecule has 4 nitrogen and oxygen atoms in total. The van der Waals surface area contributed by atoms with Crippen LogP contribution in [0, 0.1) is 0 Å². The van der Waals surface area contributed by atoms with Gasteiger partial charge in [-0.05, 0) is 71.0 Å². The number of nitrogens with zero attached hydrogens (tertiary/aromatic N) is 1. The summed E-state index contributed by atoms with van der Waals surface area (Å²) in [5, 5.41) is 2.48. The Balaban J connectivity index is 1.56. The molecule has 0 fully saturated rings. The van der Waals surface area contributed by atoms with Gasteiger partial charge in [-0.25, -0.2) is 4.79 Å². The molecule has 0 spiro atoms. The maximum absolute atomic E-state index is 12.2. The van der Waals surface area contributed by atoms with Crippen LogP contribution in [0.3, 0.4) is 0 Å². The van der Waals surface area contributed by atoms with Crippen LogP contribution in [0.1, 0.15) is 27.0 Å². The number of hydrogen-bond acceptors (Lipinski definition) is 3. The minimum Gasteiger partial charge on any atom is -0.493 e. The summed E-state index contributed by atoms with van der Waals surface area (Å²) >= 11 is 9.47. The van der Waals surface area contributed by atoms with Crippen LogP contribution < -0.4 is 4.74 Å². The second kappa shape index (κ2) is 10.2. The van der Waals surface area contributed by atoms with Gasteiger partial charge in [-0.15, -0.1) is 0 Å². The lowest BCUT2D eigenvalue weighted by atomic mass is 9.99. The number of aromatic nitrogens is 1. The van der Waals surface area contributed by atoms with Crippen molar-refractivity contribution in [1.29, 1.82) is 0 Å². The Morgan fingerprint density at radius 1 is 1.03 bits per heavy atom. The van der Waals surface area contributed by atoms with Gasteiger partial charge >= 0.3 is 5.97 Å². The number of benzene rings is 3. The molecule has 4 rings (SSSR count). The summed E-state index contributed by atoms with van der Waals surface area (Å²) < 4.78 is 12.9. The SMILES string of the molecule is COC(=O)c1cc(Cl)ccc1Cc1ccc2c(ccn2Cc2cccc(OCCBr)c2)c1. The summed E-state index contributed by atoms with van der Waals surface area (Å²) in [6.07, 6.45) is 2.72. The van der Waals surface area contributed by atoms with Gasteiger partial charge in [0.1, 0.15) is 5.75 Å². The topological polar surface area (TPSA) is 40.5 Å². The van der Waals surface area contributed by atoms with Crippen LogP contribution in [-0.4, -0.2) is 29.6 Å². The number of carbonyl (C=O) groups is 1. The zero-order valence-corrected chi connectivity index (χ0v) is 20.0. The van der Waals surface area contributed by atoms with Gasteiger partial charge in [0.2, 0.25) is 0 Å². The maximum atomic E-state index is 12.2. The molecule has 3 aromatic carbocycles. The molecule has 6 heteroatoms. The number of hydrogen-bond donors (Lipinski definition) is 0. The molecule has 0 N–H and O–H groups in total. The lowest BCUT2D eigenvalue weighted by molar-refractivity contribution is 0.0599. The van der Waals surface area contributed by atoms with E-state index in [4.69, 9.17) is 21.1 Å². The summed E-state index contributed by atoms with van der Waals surface area (Å²) in [4.78, 5) is 12.2. The smallest absolute Gasteiger partial charge is 0.338 e. The van der Waals surface area contributed by atoms with Crippen LogP contribution >= 0.6 is 27.5 Å². The molecule has 0 aliphatic rings. The first-order valence-electron chi connectivity index (χ1n) is 10.3. The number of alkyl halides is 1. The third-order valence-corrected chi connectivity index (χ3v) is 5.86. The molecule has 0 bridgehead atoms. The van der Waals surface area contributed by atoms with Crippen LogP contribution in [0.4, 0.5) is 0 Å². The summed E-state index contributed by atoms with van der Waals surface area (Å²) in [6.45, 7) is 1.40. The molecule has 0 amide bonds. The molecular weight excluding hydrogens is 490 g/mol. The van der Waals surface area contributed by atoms with E-state index in [0.717, 1.165) is 39.7 Å². The van der Waals surface area contributed by atoms with E-state index in [9.17, 15) is 4.79 Å². The van der Waals surface area contributed by atoms with E-state index in [2.05, 4.69) is 63.1 Å². The number of halogens is 2. The molecule has 0 aliphatic heterocycles. The molecule has 164 valence electrons. The fourth-order valence-corrected chi connectivity index (χ4v) is 4.14. The Labute approximate surface area is 200 Å². The summed E-state index contributed by atoms with van der Waals surface area (Å²) in [6, 6.07) is 22.0. The normalized spacial score (nSPS) is 11.0. The van der Waals surface area contributed by atoms with Crippen LogP contribution in [0.2, 0.25) is 5.02 Å². The van der Waals surface area contributed by atoms with Crippen molar-refractivity contribution in [3.8, 4) is 5.75 Å². The van der Waals surface area contributed by atoms with E-state index in [0.29, 0.717) is 23.6 Å². The van der Waals surface area contributed by atoms with E-state index < -0.39 is 0 Å². The molecule has 0 saturated carbocycles. The monoisotopic (exact) mass is 511 g/mol. The third-order valence-electron chi connectivity index (χ3n) is 5.30. The first kappa shape index (κ1) is 22.4. The first-order valence-corrected chi connectivity index (χ1v) is 11.8. The van der Waals surface area contributed by atoms with Gasteiger partial charge in [0.05, 0.1) is 19.3 Å². The molecule has 1 aromatic heterocycles. The van der Waals surface area contributed by atoms with Crippen molar-refractivity contribution in [1.82, 2.24) is 4.57 Å². The molecule has 0 unspecified atom stereocenters. The molecule has 0 atom stereocenters. The van der Waals surface area contributed by atoms with Crippen molar-refractivity contribution in [3.63, 3.8) is 0 Å². The molecule has 0 aliphatic carbocycles. The molecule has 1 heterocycles. The van der Waals surface area contributed by atoms with Crippen molar-refractivity contribution in [2.24, 2.45) is 0 Å². The van der Waals surface area contributed by atoms with Crippen LogP contribution in [0.25, 0.3) is 10.9 Å². The highest BCUT2D eigenvalue weighted by Gasteiger charge is 2.13. The Bertz CT molecular complexity index is 1250. The van der Waals surface area contributed by atoms with E-state index in [-0.39, 0.29) is 5.97 Å². The van der Waals surface area contributed by atoms with E-state index in [1.165, 1.54) is 12.7 Å². The second-order valence-electron chi connectivity index (χ2n) is 7.49. The fraction of sp³-hybridized carbons (Fsp3) is 0.192. The summed E-state index contributed by atoms with van der Waals surface area (Å²) in [7, 11) is 1.38. The van der Waals surface area contributed by atoms with E-state index >= 15 is 0 Å². The minimum absolute atomic E-state index is 0.378. The van der Waals surface area contributed by atoms with Crippen molar-refractivity contribution in [2.45, 2.75) is 13.0 Å². The van der Waals surface area contributed by atoms with Gasteiger partial charge in [-0.1, -0.05) is 51.8 Å². The van der Waals surface area contributed by atoms with Crippen LogP contribution in [0.15, 0.2) is 72.9 Å². The van der Waals surface area contributed by atoms with Crippen molar-refractivity contribution >= 4 is 44.4 Å². The standard InChI is InChI=1S/C26H23BrClNO3/c1-31-26(30)24-16-22(28)7-6-20(24)13-18-5-8-25-21(14-18)9-11-29(25)17-19-3-2-4-23(15-19)32-12-10-27/h2-9,11,14-16H,10,12-13,17H2,1H3. The van der Waals surface area contributed by atoms with Gasteiger partial charge in [0.15, 0.2) is 0 Å². The van der Waals surface area contributed by atoms with Gasteiger partial charge in [0, 0.05) is 28.6 Å². The second-order valence-corrected chi connectivity index (χ2v) is 8.72. The average Bonchev–Trinajstić information content (AvgIpc) is 3.20. The van der Waals surface area contributed by atoms with Crippen molar-refractivity contribution in [3.05, 3.63) is 100 Å². The first-order chi connectivity index (χ1) is 15.6. The Morgan fingerprint density at radius 2 is 1.91 bits per heavy atom. The van der Waals surface area contributed by atoms with Gasteiger partial charge in [-0.3, -0.25) is 0 Å².